The SMILES string of the molecule is CCCCCC(=O)O[C@@H](C)COC(=O)[C@@H](N)Cc1ccc(OC(=O)C(C)(C)CC)c(OC(=O)C(C)(C)CC)c1. The average molecular weight is 550 g/mol. The molecule has 0 saturated carbocycles. The number of nitrogens with two attached hydrogens (primary N) is 1. The average Bonchev–Trinajstić information content (AvgIpc) is 2.88. The molecule has 1 aromatic carbocycles. The fourth-order valence-electron chi connectivity index (χ4n) is 3.09. The van der Waals surface area contributed by atoms with Crippen molar-refractivity contribution in [2.24, 2.45) is 16.6 Å². The molecule has 9 heteroatoms. The van der Waals surface area contributed by atoms with Gasteiger partial charge >= 0.3 is 23.9 Å². The number of unbranched alkanes of at least 4 members (excludes halogenated alkanes) is 2. The van der Waals surface area contributed by atoms with Gasteiger partial charge in [-0.2, -0.15) is 0 Å². The molecule has 0 fully saturated rings. The number of carbonyl (C=O) groups excluding carboxylic acids is 4. The predicted molar refractivity (Wildman–Crippen MR) is 148 cm³/mol. The van der Waals surface area contributed by atoms with Crippen molar-refractivity contribution in [3.63, 3.8) is 0 Å². The number of esters is 4. The molecule has 9 nitrogen and oxygen atoms in total. The fourth-order valence-corrected chi connectivity index (χ4v) is 3.09. The van der Waals surface area contributed by atoms with Crippen LogP contribution >= 0.6 is 0 Å². The highest BCUT2D eigenvalue weighted by Crippen LogP contribution is 2.34. The smallest absolute Gasteiger partial charge is 0.323 e. The number of rotatable bonds is 16. The Balaban J connectivity index is 2.93. The van der Waals surface area contributed by atoms with Crippen molar-refractivity contribution in [2.45, 2.75) is 112 Å². The molecule has 0 heterocycles. The summed E-state index contributed by atoms with van der Waals surface area (Å²) in [6.45, 7) is 14.4. The second-order valence-electron chi connectivity index (χ2n) is 11.2. The van der Waals surface area contributed by atoms with Crippen LogP contribution in [0.1, 0.15) is 99.5 Å². The molecule has 2 N–H and O–H groups in total. The van der Waals surface area contributed by atoms with Crippen LogP contribution in [-0.2, 0) is 35.1 Å². The third-order valence-corrected chi connectivity index (χ3v) is 6.82. The summed E-state index contributed by atoms with van der Waals surface area (Å²) in [6, 6.07) is 3.70. The Labute approximate surface area is 233 Å². The third-order valence-electron chi connectivity index (χ3n) is 6.82. The van der Waals surface area contributed by atoms with Crippen LogP contribution in [0.15, 0.2) is 18.2 Å². The summed E-state index contributed by atoms with van der Waals surface area (Å²) in [4.78, 5) is 49.8. The molecule has 0 saturated heterocycles. The molecule has 0 aliphatic carbocycles. The van der Waals surface area contributed by atoms with E-state index in [9.17, 15) is 19.2 Å². The van der Waals surface area contributed by atoms with Crippen molar-refractivity contribution in [3.05, 3.63) is 23.8 Å². The van der Waals surface area contributed by atoms with E-state index in [0.717, 1.165) is 19.3 Å². The summed E-state index contributed by atoms with van der Waals surface area (Å²) in [5.41, 5.74) is 5.18. The van der Waals surface area contributed by atoms with Crippen molar-refractivity contribution in [3.8, 4) is 11.5 Å². The number of carbonyl (C=O) groups is 4. The number of hydrogen-bond donors (Lipinski definition) is 1. The first-order valence-corrected chi connectivity index (χ1v) is 13.9. The van der Waals surface area contributed by atoms with Gasteiger partial charge < -0.3 is 24.7 Å². The zero-order valence-electron chi connectivity index (χ0n) is 24.9. The quantitative estimate of drug-likeness (QED) is 0.166. The number of benzene rings is 1. The first-order valence-electron chi connectivity index (χ1n) is 13.9. The molecule has 1 aromatic rings. The van der Waals surface area contributed by atoms with Crippen molar-refractivity contribution in [2.75, 3.05) is 6.61 Å². The van der Waals surface area contributed by atoms with E-state index in [1.54, 1.807) is 46.8 Å². The van der Waals surface area contributed by atoms with Crippen molar-refractivity contribution < 1.29 is 38.1 Å². The molecule has 0 aliphatic rings. The fraction of sp³-hybridized carbons (Fsp3) is 0.667. The number of hydrogen-bond acceptors (Lipinski definition) is 9. The first-order chi connectivity index (χ1) is 18.2. The molecular weight excluding hydrogens is 502 g/mol. The highest BCUT2D eigenvalue weighted by molar-refractivity contribution is 5.81. The maximum atomic E-state index is 12.8. The summed E-state index contributed by atoms with van der Waals surface area (Å²) in [5, 5.41) is 0. The summed E-state index contributed by atoms with van der Waals surface area (Å²) < 4.78 is 21.8. The third kappa shape index (κ3) is 11.4. The van der Waals surface area contributed by atoms with E-state index in [1.807, 2.05) is 13.8 Å². The van der Waals surface area contributed by atoms with E-state index in [-0.39, 0.29) is 30.5 Å². The van der Waals surface area contributed by atoms with E-state index >= 15 is 0 Å². The molecule has 0 radical (unpaired) electrons. The van der Waals surface area contributed by atoms with E-state index < -0.39 is 40.9 Å². The summed E-state index contributed by atoms with van der Waals surface area (Å²) >= 11 is 0. The van der Waals surface area contributed by atoms with Gasteiger partial charge in [-0.25, -0.2) is 0 Å². The Hall–Kier alpha value is -2.94. The zero-order chi connectivity index (χ0) is 29.8. The van der Waals surface area contributed by atoms with Crippen molar-refractivity contribution in [1.29, 1.82) is 0 Å². The van der Waals surface area contributed by atoms with Gasteiger partial charge in [0.25, 0.3) is 0 Å². The minimum absolute atomic E-state index is 0.0726. The first kappa shape index (κ1) is 34.1. The van der Waals surface area contributed by atoms with Gasteiger partial charge in [0.05, 0.1) is 10.8 Å². The van der Waals surface area contributed by atoms with Gasteiger partial charge in [-0.1, -0.05) is 39.7 Å². The Bertz CT molecular complexity index is 985. The molecule has 0 aromatic heterocycles. The van der Waals surface area contributed by atoms with E-state index in [1.165, 1.54) is 6.07 Å². The van der Waals surface area contributed by atoms with Gasteiger partial charge in [0.2, 0.25) is 0 Å². The summed E-state index contributed by atoms with van der Waals surface area (Å²) in [7, 11) is 0. The van der Waals surface area contributed by atoms with Crippen molar-refractivity contribution in [1.82, 2.24) is 0 Å². The van der Waals surface area contributed by atoms with Gasteiger partial charge in [0.15, 0.2) is 11.5 Å². The summed E-state index contributed by atoms with van der Waals surface area (Å²) in [6.07, 6.45) is 3.64. The van der Waals surface area contributed by atoms with Crippen LogP contribution in [0.3, 0.4) is 0 Å². The minimum Gasteiger partial charge on any atom is -0.461 e. The lowest BCUT2D eigenvalue weighted by Gasteiger charge is -2.23. The van der Waals surface area contributed by atoms with Crippen LogP contribution in [0.4, 0.5) is 0 Å². The maximum Gasteiger partial charge on any atom is 0.323 e. The lowest BCUT2D eigenvalue weighted by atomic mass is 9.90. The van der Waals surface area contributed by atoms with Crippen LogP contribution in [0, 0.1) is 10.8 Å². The van der Waals surface area contributed by atoms with Crippen molar-refractivity contribution >= 4 is 23.9 Å². The molecule has 0 bridgehead atoms. The van der Waals surface area contributed by atoms with E-state index in [4.69, 9.17) is 24.7 Å². The Kier molecular flexibility index (Phi) is 13.6. The second-order valence-corrected chi connectivity index (χ2v) is 11.2. The highest BCUT2D eigenvalue weighted by atomic mass is 16.6. The van der Waals surface area contributed by atoms with E-state index in [0.29, 0.717) is 24.8 Å². The van der Waals surface area contributed by atoms with Crippen LogP contribution in [0.2, 0.25) is 0 Å². The molecule has 0 amide bonds. The number of ether oxygens (including phenoxy) is 4. The monoisotopic (exact) mass is 549 g/mol. The molecule has 39 heavy (non-hydrogen) atoms. The normalized spacial score (nSPS) is 13.3. The topological polar surface area (TPSA) is 131 Å². The standard InChI is InChI=1S/C30H47NO8/c1-9-12-13-14-25(32)37-20(4)19-36-26(33)22(31)17-21-15-16-23(38-27(34)29(5,6)10-2)24(18-21)39-28(35)30(7,8)11-3/h15-16,18,20,22H,9-14,17,19,31H2,1-8H3/t20-,22-/m0/s1. The molecule has 0 aliphatic heterocycles. The van der Waals surface area contributed by atoms with Gasteiger partial charge in [-0.3, -0.25) is 19.2 Å². The van der Waals surface area contributed by atoms with Crippen LogP contribution < -0.4 is 15.2 Å². The maximum absolute atomic E-state index is 12.8. The molecule has 1 rings (SSSR count). The summed E-state index contributed by atoms with van der Waals surface area (Å²) in [5.74, 6) is -1.73. The lowest BCUT2D eigenvalue weighted by molar-refractivity contribution is -0.158. The highest BCUT2D eigenvalue weighted by Gasteiger charge is 2.31. The van der Waals surface area contributed by atoms with Gasteiger partial charge in [-0.05, 0) is 78.0 Å². The Morgan fingerprint density at radius 2 is 1.44 bits per heavy atom. The van der Waals surface area contributed by atoms with E-state index in [2.05, 4.69) is 6.92 Å². The van der Waals surface area contributed by atoms with Crippen LogP contribution in [-0.4, -0.2) is 42.6 Å². The van der Waals surface area contributed by atoms with Gasteiger partial charge in [0.1, 0.15) is 18.8 Å². The predicted octanol–water partition coefficient (Wildman–Crippen LogP) is 5.29. The van der Waals surface area contributed by atoms with Crippen LogP contribution in [0.25, 0.3) is 0 Å². The molecule has 0 unspecified atom stereocenters. The Morgan fingerprint density at radius 3 is 1.97 bits per heavy atom. The largest absolute Gasteiger partial charge is 0.461 e. The molecule has 220 valence electrons. The van der Waals surface area contributed by atoms with Gasteiger partial charge in [-0.15, -0.1) is 0 Å². The molecular formula is C30H47NO8. The molecule has 0 spiro atoms. The van der Waals surface area contributed by atoms with Crippen LogP contribution in [0.5, 0.6) is 11.5 Å². The zero-order valence-corrected chi connectivity index (χ0v) is 24.9. The second kappa shape index (κ2) is 15.6. The minimum atomic E-state index is -1.01. The molecule has 2 atom stereocenters. The van der Waals surface area contributed by atoms with Gasteiger partial charge in [0, 0.05) is 6.42 Å². The Morgan fingerprint density at radius 1 is 0.872 bits per heavy atom. The lowest BCUT2D eigenvalue weighted by Crippen LogP contribution is -2.36.